The molecule has 0 unspecified atom stereocenters. The summed E-state index contributed by atoms with van der Waals surface area (Å²) >= 11 is 0. The number of anilines is 3. The number of benzene rings is 3. The van der Waals surface area contributed by atoms with E-state index in [0.717, 1.165) is 23.3 Å². The van der Waals surface area contributed by atoms with Gasteiger partial charge in [-0.1, -0.05) is 36.4 Å². The summed E-state index contributed by atoms with van der Waals surface area (Å²) in [5.74, 6) is 0. The number of nitrogens with one attached hydrogen (secondary N) is 1. The average Bonchev–Trinajstić information content (AvgIpc) is 2.97. The molecule has 3 aromatic carbocycles. The lowest BCUT2D eigenvalue weighted by molar-refractivity contribution is 0.122. The van der Waals surface area contributed by atoms with Gasteiger partial charge in [-0.25, -0.2) is 13.9 Å². The predicted octanol–water partition coefficient (Wildman–Crippen LogP) is 3.42. The Balaban J connectivity index is 1.58. The molecule has 1 aliphatic rings. The molecule has 0 saturated carbocycles. The number of rotatable bonds is 5. The van der Waals surface area contributed by atoms with Crippen molar-refractivity contribution < 1.29 is 4.74 Å². The van der Waals surface area contributed by atoms with Crippen LogP contribution in [0.3, 0.4) is 0 Å². The lowest BCUT2D eigenvalue weighted by Gasteiger charge is -2.29. The molecule has 39 heavy (non-hydrogen) atoms. The molecule has 0 amide bonds. The zero-order valence-corrected chi connectivity index (χ0v) is 21.4. The summed E-state index contributed by atoms with van der Waals surface area (Å²) in [7, 11) is 1.57. The van der Waals surface area contributed by atoms with Gasteiger partial charge in [-0.15, -0.1) is 0 Å². The first kappa shape index (κ1) is 24.4. The second kappa shape index (κ2) is 10.1. The molecule has 0 atom stereocenters. The maximum Gasteiger partial charge on any atom is 0.341 e. The van der Waals surface area contributed by atoms with Crippen molar-refractivity contribution in [3.8, 4) is 11.4 Å². The van der Waals surface area contributed by atoms with E-state index in [0.29, 0.717) is 36.0 Å². The molecular weight excluding hydrogens is 494 g/mol. The molecule has 6 rings (SSSR count). The first-order valence-electron chi connectivity index (χ1n) is 12.8. The van der Waals surface area contributed by atoms with Crippen molar-refractivity contribution in [1.29, 1.82) is 0 Å². The van der Waals surface area contributed by atoms with E-state index in [1.54, 1.807) is 43.4 Å². The highest BCUT2D eigenvalue weighted by molar-refractivity contribution is 5.91. The van der Waals surface area contributed by atoms with Gasteiger partial charge in [-0.3, -0.25) is 14.2 Å². The first-order valence-corrected chi connectivity index (χ1v) is 12.8. The van der Waals surface area contributed by atoms with Gasteiger partial charge in [0.05, 0.1) is 30.3 Å². The topological polar surface area (TPSA) is 90.5 Å². The molecule has 9 nitrogen and oxygen atoms in total. The number of pyridine rings is 1. The second-order valence-electron chi connectivity index (χ2n) is 9.35. The Morgan fingerprint density at radius 1 is 0.718 bits per heavy atom. The van der Waals surface area contributed by atoms with Gasteiger partial charge >= 0.3 is 5.69 Å². The minimum absolute atomic E-state index is 0.211. The van der Waals surface area contributed by atoms with Crippen LogP contribution < -0.4 is 27.0 Å². The molecule has 1 aliphatic heterocycles. The molecule has 3 heterocycles. The van der Waals surface area contributed by atoms with Gasteiger partial charge < -0.3 is 15.0 Å². The predicted molar refractivity (Wildman–Crippen MR) is 153 cm³/mol. The van der Waals surface area contributed by atoms with Crippen molar-refractivity contribution in [2.24, 2.45) is 7.05 Å². The van der Waals surface area contributed by atoms with Crippen LogP contribution >= 0.6 is 0 Å². The largest absolute Gasteiger partial charge is 0.378 e. The van der Waals surface area contributed by atoms with Crippen molar-refractivity contribution in [2.75, 3.05) is 36.5 Å². The van der Waals surface area contributed by atoms with E-state index in [4.69, 9.17) is 4.74 Å². The summed E-state index contributed by atoms with van der Waals surface area (Å²) < 4.78 is 9.35. The fourth-order valence-electron chi connectivity index (χ4n) is 4.99. The third kappa shape index (κ3) is 4.42. The number of fused-ring (bicyclic) bond motifs is 1. The molecule has 0 aliphatic carbocycles. The maximum atomic E-state index is 14.0. The number of para-hydroxylation sites is 2. The number of hydrogen-bond donors (Lipinski definition) is 1. The van der Waals surface area contributed by atoms with E-state index in [-0.39, 0.29) is 16.6 Å². The Morgan fingerprint density at radius 2 is 1.31 bits per heavy atom. The monoisotopic (exact) mass is 521 g/mol. The Hall–Kier alpha value is -4.89. The molecule has 2 aromatic heterocycles. The Labute approximate surface area is 223 Å². The molecule has 0 spiro atoms. The maximum absolute atomic E-state index is 14.0. The van der Waals surface area contributed by atoms with Crippen LogP contribution in [-0.2, 0) is 11.8 Å². The standard InChI is InChI=1S/C30H27N5O4/c1-32-26(36)20-25(31-21-12-14-22(15-13-21)33-16-18-39-19-17-33)27-28(32)34(23-8-4-2-5-9-23)30(38)35(29(27)37)24-10-6-3-7-11-24/h2-15,20,31H,16-19H2,1H3. The van der Waals surface area contributed by atoms with Gasteiger partial charge in [0.2, 0.25) is 0 Å². The van der Waals surface area contributed by atoms with Crippen LogP contribution in [0.1, 0.15) is 0 Å². The molecule has 0 bridgehead atoms. The minimum Gasteiger partial charge on any atom is -0.378 e. The molecule has 9 heteroatoms. The van der Waals surface area contributed by atoms with Crippen LogP contribution in [0, 0.1) is 0 Å². The average molecular weight is 522 g/mol. The fourth-order valence-corrected chi connectivity index (χ4v) is 4.99. The van der Waals surface area contributed by atoms with Gasteiger partial charge in [0.25, 0.3) is 11.1 Å². The summed E-state index contributed by atoms with van der Waals surface area (Å²) in [5.41, 5.74) is 1.87. The zero-order valence-electron chi connectivity index (χ0n) is 21.4. The number of aromatic nitrogens is 3. The Kier molecular flexibility index (Phi) is 6.34. The smallest absolute Gasteiger partial charge is 0.341 e. The van der Waals surface area contributed by atoms with Crippen molar-refractivity contribution in [3.05, 3.63) is 122 Å². The third-order valence-electron chi connectivity index (χ3n) is 6.97. The lowest BCUT2D eigenvalue weighted by Crippen LogP contribution is -2.40. The van der Waals surface area contributed by atoms with E-state index in [1.807, 2.05) is 48.5 Å². The first-order chi connectivity index (χ1) is 19.0. The third-order valence-corrected chi connectivity index (χ3v) is 6.97. The van der Waals surface area contributed by atoms with E-state index in [9.17, 15) is 14.4 Å². The zero-order chi connectivity index (χ0) is 26.9. The molecular formula is C30H27N5O4. The number of hydrogen-bond acceptors (Lipinski definition) is 6. The number of nitrogens with zero attached hydrogens (tertiary/aromatic N) is 4. The van der Waals surface area contributed by atoms with Crippen molar-refractivity contribution in [2.45, 2.75) is 0 Å². The van der Waals surface area contributed by atoms with Gasteiger partial charge in [-0.05, 0) is 48.5 Å². The van der Waals surface area contributed by atoms with Crippen molar-refractivity contribution >= 4 is 28.1 Å². The van der Waals surface area contributed by atoms with Gasteiger partial charge in [-0.2, -0.15) is 0 Å². The summed E-state index contributed by atoms with van der Waals surface area (Å²) in [6.07, 6.45) is 0. The van der Waals surface area contributed by atoms with Gasteiger partial charge in [0, 0.05) is 37.6 Å². The molecule has 5 aromatic rings. The fraction of sp³-hybridized carbons (Fsp3) is 0.167. The van der Waals surface area contributed by atoms with Gasteiger partial charge in [0.1, 0.15) is 11.0 Å². The Bertz CT molecular complexity index is 1820. The summed E-state index contributed by atoms with van der Waals surface area (Å²) in [4.78, 5) is 43.3. The van der Waals surface area contributed by atoms with Crippen LogP contribution in [0.4, 0.5) is 17.1 Å². The number of ether oxygens (including phenoxy) is 1. The van der Waals surface area contributed by atoms with Crippen LogP contribution in [0.2, 0.25) is 0 Å². The number of aryl methyl sites for hydroxylation is 1. The highest BCUT2D eigenvalue weighted by atomic mass is 16.5. The molecule has 1 saturated heterocycles. The molecule has 1 fully saturated rings. The quantitative estimate of drug-likeness (QED) is 0.381. The molecule has 1 N–H and O–H groups in total. The van der Waals surface area contributed by atoms with Crippen LogP contribution in [0.5, 0.6) is 0 Å². The number of morpholine rings is 1. The van der Waals surface area contributed by atoms with Gasteiger partial charge in [0.15, 0.2) is 0 Å². The van der Waals surface area contributed by atoms with Crippen molar-refractivity contribution in [1.82, 2.24) is 13.7 Å². The second-order valence-corrected chi connectivity index (χ2v) is 9.35. The highest BCUT2D eigenvalue weighted by Gasteiger charge is 2.22. The Morgan fingerprint density at radius 3 is 1.92 bits per heavy atom. The SMILES string of the molecule is Cn1c(=O)cc(Nc2ccc(N3CCOCC3)cc2)c2c(=O)n(-c3ccccc3)c(=O)n(-c3ccccc3)c21. The van der Waals surface area contributed by atoms with E-state index in [1.165, 1.54) is 15.2 Å². The molecule has 0 radical (unpaired) electrons. The highest BCUT2D eigenvalue weighted by Crippen LogP contribution is 2.26. The lowest BCUT2D eigenvalue weighted by atomic mass is 10.2. The summed E-state index contributed by atoms with van der Waals surface area (Å²) in [6.45, 7) is 3.02. The molecule has 196 valence electrons. The van der Waals surface area contributed by atoms with Crippen molar-refractivity contribution in [3.63, 3.8) is 0 Å². The summed E-state index contributed by atoms with van der Waals surface area (Å²) in [5, 5.41) is 3.50. The normalized spacial score (nSPS) is 13.5. The van der Waals surface area contributed by atoms with Crippen LogP contribution in [0.15, 0.2) is 105 Å². The van der Waals surface area contributed by atoms with E-state index < -0.39 is 11.2 Å². The summed E-state index contributed by atoms with van der Waals surface area (Å²) in [6, 6.07) is 27.0. The minimum atomic E-state index is -0.563. The van der Waals surface area contributed by atoms with Crippen LogP contribution in [0.25, 0.3) is 22.4 Å². The van der Waals surface area contributed by atoms with E-state index in [2.05, 4.69) is 10.2 Å². The van der Waals surface area contributed by atoms with E-state index >= 15 is 0 Å². The van der Waals surface area contributed by atoms with Crippen LogP contribution in [-0.4, -0.2) is 40.0 Å².